The van der Waals surface area contributed by atoms with Gasteiger partial charge >= 0.3 is 0 Å². The fourth-order valence-corrected chi connectivity index (χ4v) is 5.20. The number of thioether (sulfide) groups is 1. The van der Waals surface area contributed by atoms with Crippen LogP contribution in [0.25, 0.3) is 16.8 Å². The molecule has 168 valence electrons. The van der Waals surface area contributed by atoms with Gasteiger partial charge in [-0.15, -0.1) is 0 Å². The molecule has 2 heterocycles. The number of fused-ring (bicyclic) bond motifs is 1. The summed E-state index contributed by atoms with van der Waals surface area (Å²) in [6.07, 6.45) is 2.84. The first-order valence-electron chi connectivity index (χ1n) is 11.4. The highest BCUT2D eigenvalue weighted by Gasteiger charge is 2.29. The minimum atomic E-state index is -0.170. The summed E-state index contributed by atoms with van der Waals surface area (Å²) < 4.78 is 5.84. The maximum atomic E-state index is 12.6. The quantitative estimate of drug-likeness (QED) is 0.479. The zero-order valence-electron chi connectivity index (χ0n) is 18.7. The highest BCUT2D eigenvalue weighted by atomic mass is 32.2. The van der Waals surface area contributed by atoms with Crippen LogP contribution in [0.15, 0.2) is 76.6 Å². The molecule has 6 heteroatoms. The van der Waals surface area contributed by atoms with Crippen LogP contribution >= 0.6 is 11.8 Å². The number of hydrogen-bond donors (Lipinski definition) is 0. The third-order valence-corrected chi connectivity index (χ3v) is 6.98. The van der Waals surface area contributed by atoms with Gasteiger partial charge in [-0.3, -0.25) is 4.79 Å². The number of piperazine rings is 1. The Kier molecular flexibility index (Phi) is 6.35. The summed E-state index contributed by atoms with van der Waals surface area (Å²) in [6.45, 7) is 6.21. The van der Waals surface area contributed by atoms with E-state index in [2.05, 4.69) is 64.2 Å². The summed E-state index contributed by atoms with van der Waals surface area (Å²) in [5.41, 5.74) is 2.19. The summed E-state index contributed by atoms with van der Waals surface area (Å²) in [6, 6.07) is 22.8. The summed E-state index contributed by atoms with van der Waals surface area (Å²) in [7, 11) is 0. The van der Waals surface area contributed by atoms with E-state index in [1.165, 1.54) is 28.2 Å². The van der Waals surface area contributed by atoms with Gasteiger partial charge in [-0.1, -0.05) is 61.5 Å². The molecule has 0 atom stereocenters. The van der Waals surface area contributed by atoms with E-state index < -0.39 is 0 Å². The van der Waals surface area contributed by atoms with Gasteiger partial charge < -0.3 is 14.5 Å². The van der Waals surface area contributed by atoms with Gasteiger partial charge in [0.15, 0.2) is 5.17 Å². The average Bonchev–Trinajstić information content (AvgIpc) is 3.23. The average molecular weight is 458 g/mol. The van der Waals surface area contributed by atoms with Crippen molar-refractivity contribution in [3.63, 3.8) is 0 Å². The highest BCUT2D eigenvalue weighted by Crippen LogP contribution is 2.34. The number of ether oxygens (including phenoxy) is 1. The van der Waals surface area contributed by atoms with E-state index in [-0.39, 0.29) is 5.91 Å². The van der Waals surface area contributed by atoms with Gasteiger partial charge in [0, 0.05) is 42.8 Å². The van der Waals surface area contributed by atoms with Gasteiger partial charge in [0.1, 0.15) is 5.75 Å². The van der Waals surface area contributed by atoms with Crippen molar-refractivity contribution >= 4 is 45.4 Å². The lowest BCUT2D eigenvalue weighted by Gasteiger charge is -2.37. The van der Waals surface area contributed by atoms with Crippen LogP contribution in [-0.4, -0.2) is 48.8 Å². The van der Waals surface area contributed by atoms with Gasteiger partial charge in [0.2, 0.25) is 0 Å². The van der Waals surface area contributed by atoms with E-state index in [4.69, 9.17) is 4.74 Å². The van der Waals surface area contributed by atoms with E-state index in [0.29, 0.717) is 11.5 Å². The SMILES string of the molecule is CCCOc1ccccc1/C=C1/SC(N2CCN(c3cccc4ccccc34)CC2)=NC1=O. The zero-order chi connectivity index (χ0) is 22.6. The fourth-order valence-electron chi connectivity index (χ4n) is 4.24. The second-order valence-electron chi connectivity index (χ2n) is 8.17. The number of anilines is 1. The second kappa shape index (κ2) is 9.71. The molecule has 1 saturated heterocycles. The largest absolute Gasteiger partial charge is 0.493 e. The van der Waals surface area contributed by atoms with E-state index in [9.17, 15) is 4.79 Å². The molecular weight excluding hydrogens is 430 g/mol. The van der Waals surface area contributed by atoms with Gasteiger partial charge in [-0.05, 0) is 41.8 Å². The third-order valence-electron chi connectivity index (χ3n) is 5.93. The lowest BCUT2D eigenvalue weighted by atomic mass is 10.1. The Morgan fingerprint density at radius 2 is 1.67 bits per heavy atom. The van der Waals surface area contributed by atoms with Crippen molar-refractivity contribution in [2.75, 3.05) is 37.7 Å². The molecule has 0 saturated carbocycles. The molecule has 1 fully saturated rings. The lowest BCUT2D eigenvalue weighted by molar-refractivity contribution is -0.113. The lowest BCUT2D eigenvalue weighted by Crippen LogP contribution is -2.47. The first-order chi connectivity index (χ1) is 16.2. The van der Waals surface area contributed by atoms with Crippen LogP contribution in [-0.2, 0) is 4.79 Å². The normalized spacial score (nSPS) is 17.7. The molecule has 5 nitrogen and oxygen atoms in total. The molecule has 0 aromatic heterocycles. The Labute approximate surface area is 198 Å². The van der Waals surface area contributed by atoms with Crippen LogP contribution in [0.5, 0.6) is 5.75 Å². The molecule has 3 aromatic carbocycles. The standard InChI is InChI=1S/C27H27N3O2S/c1-2-18-32-24-13-6-4-9-21(24)19-25-26(31)28-27(33-25)30-16-14-29(15-17-30)23-12-7-10-20-8-3-5-11-22(20)23/h3-13,19H,2,14-18H2,1H3/b25-19+. The Bertz CT molecular complexity index is 1220. The molecule has 2 aliphatic rings. The van der Waals surface area contributed by atoms with Crippen molar-refractivity contribution in [2.45, 2.75) is 13.3 Å². The molecule has 0 N–H and O–H groups in total. The van der Waals surface area contributed by atoms with Crippen molar-refractivity contribution in [1.82, 2.24) is 4.90 Å². The fraction of sp³-hybridized carbons (Fsp3) is 0.259. The first-order valence-corrected chi connectivity index (χ1v) is 12.3. The Morgan fingerprint density at radius 1 is 0.939 bits per heavy atom. The molecule has 0 spiro atoms. The van der Waals surface area contributed by atoms with E-state index in [1.54, 1.807) is 0 Å². The highest BCUT2D eigenvalue weighted by molar-refractivity contribution is 8.18. The third kappa shape index (κ3) is 4.62. The zero-order valence-corrected chi connectivity index (χ0v) is 19.6. The van der Waals surface area contributed by atoms with Gasteiger partial charge in [0.25, 0.3) is 5.91 Å². The molecule has 0 aliphatic carbocycles. The number of carbonyl (C=O) groups is 1. The van der Waals surface area contributed by atoms with Crippen LogP contribution in [0.3, 0.4) is 0 Å². The summed E-state index contributed by atoms with van der Waals surface area (Å²) >= 11 is 1.47. The number of aliphatic imine (C=N–C) groups is 1. The minimum absolute atomic E-state index is 0.170. The number of rotatable bonds is 5. The Balaban J connectivity index is 1.27. The smallest absolute Gasteiger partial charge is 0.286 e. The topological polar surface area (TPSA) is 45.1 Å². The summed E-state index contributed by atoms with van der Waals surface area (Å²) in [4.78, 5) is 22.3. The Morgan fingerprint density at radius 3 is 2.52 bits per heavy atom. The second-order valence-corrected chi connectivity index (χ2v) is 9.18. The molecule has 5 rings (SSSR count). The number of amidine groups is 1. The van der Waals surface area contributed by atoms with Crippen molar-refractivity contribution in [3.05, 3.63) is 77.2 Å². The molecule has 1 amide bonds. The molecule has 33 heavy (non-hydrogen) atoms. The van der Waals surface area contributed by atoms with Crippen LogP contribution < -0.4 is 9.64 Å². The molecule has 0 bridgehead atoms. The van der Waals surface area contributed by atoms with Gasteiger partial charge in [-0.2, -0.15) is 4.99 Å². The van der Waals surface area contributed by atoms with Crippen molar-refractivity contribution < 1.29 is 9.53 Å². The van der Waals surface area contributed by atoms with Gasteiger partial charge in [-0.25, -0.2) is 0 Å². The van der Waals surface area contributed by atoms with E-state index >= 15 is 0 Å². The van der Waals surface area contributed by atoms with Crippen LogP contribution in [0, 0.1) is 0 Å². The number of carbonyl (C=O) groups excluding carboxylic acids is 1. The van der Waals surface area contributed by atoms with E-state index in [1.807, 2.05) is 30.3 Å². The van der Waals surface area contributed by atoms with Crippen LogP contribution in [0.2, 0.25) is 0 Å². The molecule has 2 aliphatic heterocycles. The number of nitrogens with zero attached hydrogens (tertiary/aromatic N) is 3. The molecule has 0 unspecified atom stereocenters. The maximum absolute atomic E-state index is 12.6. The monoisotopic (exact) mass is 457 g/mol. The van der Waals surface area contributed by atoms with E-state index in [0.717, 1.165) is 49.1 Å². The number of hydrogen-bond acceptors (Lipinski definition) is 5. The summed E-state index contributed by atoms with van der Waals surface area (Å²) in [5, 5.41) is 3.35. The number of para-hydroxylation sites is 1. The summed E-state index contributed by atoms with van der Waals surface area (Å²) in [5.74, 6) is 0.633. The van der Waals surface area contributed by atoms with Crippen molar-refractivity contribution in [2.24, 2.45) is 4.99 Å². The predicted molar refractivity (Wildman–Crippen MR) is 138 cm³/mol. The van der Waals surface area contributed by atoms with Crippen molar-refractivity contribution in [3.8, 4) is 5.75 Å². The predicted octanol–water partition coefficient (Wildman–Crippen LogP) is 5.42. The minimum Gasteiger partial charge on any atom is -0.493 e. The van der Waals surface area contributed by atoms with Crippen LogP contribution in [0.1, 0.15) is 18.9 Å². The number of benzene rings is 3. The van der Waals surface area contributed by atoms with Gasteiger partial charge in [0.05, 0.1) is 11.5 Å². The maximum Gasteiger partial charge on any atom is 0.286 e. The van der Waals surface area contributed by atoms with Crippen molar-refractivity contribution in [1.29, 1.82) is 0 Å². The number of amides is 1. The first kappa shape index (κ1) is 21.6. The Hall–Kier alpha value is -3.25. The molecule has 3 aromatic rings. The molecular formula is C27H27N3O2S. The molecule has 0 radical (unpaired) electrons. The van der Waals surface area contributed by atoms with Crippen LogP contribution in [0.4, 0.5) is 5.69 Å².